The molecular formula is H2BBrF4Li-. The summed E-state index contributed by atoms with van der Waals surface area (Å²) in [4.78, 5) is 0. The standard InChI is InChI=1S/BF4.BrH.Li.H/c2-1(3,4)5;;;/h;1H;;/q-1;;;. The topological polar surface area (TPSA) is 0 Å². The Morgan fingerprint density at radius 2 is 0.857 bits per heavy atom. The fourth-order valence-corrected chi connectivity index (χ4v) is 0. The van der Waals surface area contributed by atoms with Crippen LogP contribution in [-0.2, 0) is 0 Å². The average molecular weight is 176 g/mol. The Balaban J connectivity index is -0.0000000800. The molecule has 0 aromatic rings. The van der Waals surface area contributed by atoms with Crippen molar-refractivity contribution in [2.24, 2.45) is 0 Å². The first-order valence-corrected chi connectivity index (χ1v) is 0.873. The van der Waals surface area contributed by atoms with Crippen LogP contribution in [0.25, 0.3) is 0 Å². The predicted octanol–water partition coefficient (Wildman–Crippen LogP) is 1.23. The first kappa shape index (κ1) is 15.7. The third-order valence-corrected chi connectivity index (χ3v) is 0. The van der Waals surface area contributed by atoms with E-state index in [-0.39, 0.29) is 35.8 Å². The van der Waals surface area contributed by atoms with Crippen LogP contribution in [0.5, 0.6) is 0 Å². The van der Waals surface area contributed by atoms with Crippen molar-refractivity contribution in [3.63, 3.8) is 0 Å². The minimum atomic E-state index is -6.00. The molecule has 0 amide bonds. The molecule has 0 saturated carbocycles. The van der Waals surface area contributed by atoms with Crippen molar-refractivity contribution in [3.8, 4) is 0 Å². The minimum absolute atomic E-state index is 0. The van der Waals surface area contributed by atoms with Crippen molar-refractivity contribution >= 4 is 43.1 Å². The normalized spacial score (nSPS) is 8.57. The van der Waals surface area contributed by atoms with Gasteiger partial charge in [0.1, 0.15) is 0 Å². The van der Waals surface area contributed by atoms with Crippen LogP contribution in [0.15, 0.2) is 0 Å². The Bertz CT molecular complexity index is 27.2. The fraction of sp³-hybridized carbons (Fsp3) is 0. The molecule has 7 heavy (non-hydrogen) atoms. The van der Waals surface area contributed by atoms with Crippen LogP contribution in [0.4, 0.5) is 17.3 Å². The Kier molecular flexibility index (Phi) is 11.2. The van der Waals surface area contributed by atoms with Crippen LogP contribution < -0.4 is 0 Å². The quantitative estimate of drug-likeness (QED) is 0.384. The van der Waals surface area contributed by atoms with Gasteiger partial charge in [-0.05, 0) is 0 Å². The monoisotopic (exact) mass is 175 g/mol. The van der Waals surface area contributed by atoms with Gasteiger partial charge >= 0.3 is 26.1 Å². The van der Waals surface area contributed by atoms with Crippen molar-refractivity contribution in [2.75, 3.05) is 0 Å². The summed E-state index contributed by atoms with van der Waals surface area (Å²) in [5.41, 5.74) is 0. The average Bonchev–Trinajstić information content (AvgIpc) is 0.722. The predicted molar refractivity (Wildman–Crippen MR) is 27.7 cm³/mol. The van der Waals surface area contributed by atoms with E-state index < -0.39 is 7.25 Å². The second kappa shape index (κ2) is 5.01. The second-order valence-corrected chi connectivity index (χ2v) is 0.495. The van der Waals surface area contributed by atoms with Gasteiger partial charge in [-0.1, -0.05) is 0 Å². The summed E-state index contributed by atoms with van der Waals surface area (Å²) in [6.07, 6.45) is 0. The number of rotatable bonds is 0. The van der Waals surface area contributed by atoms with Gasteiger partial charge in [0.2, 0.25) is 0 Å². The molecule has 0 aliphatic carbocycles. The van der Waals surface area contributed by atoms with Crippen molar-refractivity contribution in [2.45, 2.75) is 0 Å². The molecule has 0 atom stereocenters. The van der Waals surface area contributed by atoms with E-state index >= 15 is 0 Å². The molecule has 7 heteroatoms. The SMILES string of the molecule is Br.F[B-](F)(F)F.[LiH]. The zero-order chi connectivity index (χ0) is 4.50. The molecule has 0 bridgehead atoms. The van der Waals surface area contributed by atoms with E-state index in [0.717, 1.165) is 0 Å². The van der Waals surface area contributed by atoms with E-state index in [1.807, 2.05) is 0 Å². The zero-order valence-corrected chi connectivity index (χ0v) is 4.21. The molecule has 0 aromatic heterocycles. The summed E-state index contributed by atoms with van der Waals surface area (Å²) >= 11 is 0. The van der Waals surface area contributed by atoms with Crippen LogP contribution in [0.3, 0.4) is 0 Å². The van der Waals surface area contributed by atoms with E-state index in [1.54, 1.807) is 0 Å². The number of halogens is 5. The number of hydrogen-bond donors (Lipinski definition) is 0. The van der Waals surface area contributed by atoms with Crippen LogP contribution in [-0.4, -0.2) is 26.1 Å². The Hall–Kier alpha value is 0.862. The Labute approximate surface area is 60.7 Å². The van der Waals surface area contributed by atoms with Gasteiger partial charge in [0.15, 0.2) is 0 Å². The molecule has 0 radical (unpaired) electrons. The summed E-state index contributed by atoms with van der Waals surface area (Å²) in [6, 6.07) is 0. The maximum absolute atomic E-state index is 9.75. The van der Waals surface area contributed by atoms with E-state index in [0.29, 0.717) is 0 Å². The summed E-state index contributed by atoms with van der Waals surface area (Å²) in [5, 5.41) is 0. The van der Waals surface area contributed by atoms with Gasteiger partial charge < -0.3 is 17.3 Å². The molecular weight excluding hydrogens is 174 g/mol. The van der Waals surface area contributed by atoms with Gasteiger partial charge in [0.05, 0.1) is 0 Å². The molecule has 0 heterocycles. The molecule has 0 fully saturated rings. The molecule has 0 aromatic carbocycles. The molecule has 0 nitrogen and oxygen atoms in total. The van der Waals surface area contributed by atoms with E-state index in [4.69, 9.17) is 0 Å². The number of hydrogen-bond acceptors (Lipinski definition) is 0. The fourth-order valence-electron chi connectivity index (χ4n) is 0. The Morgan fingerprint density at radius 1 is 0.857 bits per heavy atom. The molecule has 0 aliphatic heterocycles. The second-order valence-electron chi connectivity index (χ2n) is 0.495. The van der Waals surface area contributed by atoms with Crippen molar-refractivity contribution in [3.05, 3.63) is 0 Å². The van der Waals surface area contributed by atoms with Crippen molar-refractivity contribution in [1.82, 2.24) is 0 Å². The molecule has 42 valence electrons. The van der Waals surface area contributed by atoms with Gasteiger partial charge in [-0.15, -0.1) is 17.0 Å². The summed E-state index contributed by atoms with van der Waals surface area (Å²) in [6.45, 7) is 0. The van der Waals surface area contributed by atoms with E-state index in [9.17, 15) is 17.3 Å². The molecule has 0 unspecified atom stereocenters. The summed E-state index contributed by atoms with van der Waals surface area (Å²) < 4.78 is 39.0. The molecule has 0 saturated heterocycles. The van der Waals surface area contributed by atoms with Crippen LogP contribution in [0, 0.1) is 0 Å². The van der Waals surface area contributed by atoms with Gasteiger partial charge in [0, 0.05) is 0 Å². The van der Waals surface area contributed by atoms with Crippen molar-refractivity contribution < 1.29 is 17.3 Å². The third-order valence-electron chi connectivity index (χ3n) is 0. The van der Waals surface area contributed by atoms with Gasteiger partial charge in [-0.2, -0.15) is 0 Å². The van der Waals surface area contributed by atoms with Gasteiger partial charge in [-0.3, -0.25) is 0 Å². The molecule has 0 aliphatic rings. The zero-order valence-electron chi connectivity index (χ0n) is 2.50. The molecule has 0 spiro atoms. The molecule has 0 rings (SSSR count). The summed E-state index contributed by atoms with van der Waals surface area (Å²) in [7, 11) is -6.00. The van der Waals surface area contributed by atoms with Gasteiger partial charge in [-0.25, -0.2) is 0 Å². The van der Waals surface area contributed by atoms with Gasteiger partial charge in [0.25, 0.3) is 0 Å². The maximum atomic E-state index is 9.75. The van der Waals surface area contributed by atoms with Crippen LogP contribution in [0.1, 0.15) is 0 Å². The van der Waals surface area contributed by atoms with Crippen molar-refractivity contribution in [1.29, 1.82) is 0 Å². The first-order chi connectivity index (χ1) is 2.00. The van der Waals surface area contributed by atoms with E-state index in [2.05, 4.69) is 0 Å². The first-order valence-electron chi connectivity index (χ1n) is 0.873. The van der Waals surface area contributed by atoms with E-state index in [1.165, 1.54) is 0 Å². The molecule has 0 N–H and O–H groups in total. The Morgan fingerprint density at radius 3 is 0.857 bits per heavy atom. The summed E-state index contributed by atoms with van der Waals surface area (Å²) in [5.74, 6) is 0. The van der Waals surface area contributed by atoms with Crippen LogP contribution in [0.2, 0.25) is 0 Å². The third kappa shape index (κ3) is 218. The van der Waals surface area contributed by atoms with Crippen LogP contribution >= 0.6 is 17.0 Å².